The topological polar surface area (TPSA) is 35.0 Å². The van der Waals surface area contributed by atoms with Gasteiger partial charge in [-0.05, 0) is 37.1 Å². The zero-order valence-electron chi connectivity index (χ0n) is 10.5. The van der Waals surface area contributed by atoms with Crippen LogP contribution in [0.25, 0.3) is 0 Å². The third-order valence-electron chi connectivity index (χ3n) is 2.56. The minimum atomic E-state index is 0.593. The van der Waals surface area contributed by atoms with Crippen LogP contribution in [0.1, 0.15) is 24.6 Å². The molecule has 0 saturated heterocycles. The summed E-state index contributed by atoms with van der Waals surface area (Å²) < 4.78 is 6.80. The van der Waals surface area contributed by atoms with Crippen LogP contribution in [-0.4, -0.2) is 9.97 Å². The fraction of sp³-hybridized carbons (Fsp3) is 0.286. The lowest BCUT2D eigenvalue weighted by molar-refractivity contribution is 0.459. The lowest BCUT2D eigenvalue weighted by Gasteiger charge is -2.07. The van der Waals surface area contributed by atoms with E-state index >= 15 is 0 Å². The minimum Gasteiger partial charge on any atom is -0.439 e. The molecule has 1 aromatic heterocycles. The molecule has 0 N–H and O–H groups in total. The van der Waals surface area contributed by atoms with Gasteiger partial charge in [-0.1, -0.05) is 29.3 Å². The molecular weight excluding hydrogens is 292 g/mol. The van der Waals surface area contributed by atoms with Crippen molar-refractivity contribution < 1.29 is 4.74 Å². The summed E-state index contributed by atoms with van der Waals surface area (Å²) in [6.45, 7) is 4.15. The average molecular weight is 307 g/mol. The molecule has 4 heteroatoms. The van der Waals surface area contributed by atoms with Gasteiger partial charge in [0.05, 0.1) is 0 Å². The molecule has 1 aromatic carbocycles. The quantitative estimate of drug-likeness (QED) is 0.845. The second-order valence-electron chi connectivity index (χ2n) is 4.11. The van der Waals surface area contributed by atoms with Crippen LogP contribution in [0.2, 0.25) is 0 Å². The third-order valence-corrected chi connectivity index (χ3v) is 3.45. The Morgan fingerprint density at radius 2 is 2.06 bits per heavy atom. The second kappa shape index (κ2) is 5.96. The van der Waals surface area contributed by atoms with Gasteiger partial charge in [-0.25, -0.2) is 9.97 Å². The molecule has 0 aliphatic heterocycles. The first-order valence-corrected chi connectivity index (χ1v) is 6.73. The Morgan fingerprint density at radius 1 is 1.22 bits per heavy atom. The van der Waals surface area contributed by atoms with Crippen molar-refractivity contribution >= 4 is 15.9 Å². The van der Waals surface area contributed by atoms with E-state index < -0.39 is 0 Å². The number of benzene rings is 1. The molecule has 0 fully saturated rings. The molecule has 2 rings (SSSR count). The van der Waals surface area contributed by atoms with Gasteiger partial charge in [0, 0.05) is 16.2 Å². The summed E-state index contributed by atoms with van der Waals surface area (Å²) in [6.07, 6.45) is 3.55. The van der Waals surface area contributed by atoms with Crippen molar-refractivity contribution in [1.29, 1.82) is 0 Å². The second-order valence-corrected chi connectivity index (χ2v) is 4.96. The number of hydrogen-bond donors (Lipinski definition) is 0. The molecule has 0 aliphatic rings. The van der Waals surface area contributed by atoms with Crippen LogP contribution in [0.3, 0.4) is 0 Å². The molecule has 0 unspecified atom stereocenters. The lowest BCUT2D eigenvalue weighted by atomic mass is 10.2. The highest BCUT2D eigenvalue weighted by molar-refractivity contribution is 9.10. The van der Waals surface area contributed by atoms with Gasteiger partial charge in [0.2, 0.25) is 5.88 Å². The molecule has 94 valence electrons. The Morgan fingerprint density at radius 3 is 2.78 bits per heavy atom. The molecule has 0 atom stereocenters. The number of nitrogens with zero attached hydrogens (tertiary/aromatic N) is 2. The Bertz CT molecular complexity index is 543. The first kappa shape index (κ1) is 13.0. The average Bonchev–Trinajstić information content (AvgIpc) is 2.35. The molecule has 0 saturated carbocycles. The van der Waals surface area contributed by atoms with E-state index in [-0.39, 0.29) is 0 Å². The van der Waals surface area contributed by atoms with Gasteiger partial charge >= 0.3 is 0 Å². The number of rotatable bonds is 4. The predicted molar refractivity (Wildman–Crippen MR) is 75.0 cm³/mol. The minimum absolute atomic E-state index is 0.593. The van der Waals surface area contributed by atoms with Crippen LogP contribution in [-0.2, 0) is 6.42 Å². The summed E-state index contributed by atoms with van der Waals surface area (Å²) in [5.41, 5.74) is 2.15. The first-order chi connectivity index (χ1) is 8.69. The van der Waals surface area contributed by atoms with Crippen LogP contribution in [0.15, 0.2) is 35.1 Å². The maximum atomic E-state index is 5.73. The highest BCUT2D eigenvalue weighted by atomic mass is 79.9. The molecule has 3 nitrogen and oxygen atoms in total. The predicted octanol–water partition coefficient (Wildman–Crippen LogP) is 4.29. The third kappa shape index (κ3) is 3.29. The SMILES string of the molecule is CCCc1cc(Oc2ccc(Br)c(C)c2)ncn1. The maximum absolute atomic E-state index is 5.73. The summed E-state index contributed by atoms with van der Waals surface area (Å²) in [4.78, 5) is 8.33. The Balaban J connectivity index is 2.17. The molecule has 0 amide bonds. The van der Waals surface area contributed by atoms with Crippen molar-refractivity contribution in [3.8, 4) is 11.6 Å². The molecule has 0 radical (unpaired) electrons. The smallest absolute Gasteiger partial charge is 0.222 e. The molecule has 18 heavy (non-hydrogen) atoms. The van der Waals surface area contributed by atoms with Crippen LogP contribution in [0.4, 0.5) is 0 Å². The Hall–Kier alpha value is -1.42. The van der Waals surface area contributed by atoms with E-state index in [0.717, 1.165) is 34.3 Å². The van der Waals surface area contributed by atoms with E-state index in [4.69, 9.17) is 4.74 Å². The highest BCUT2D eigenvalue weighted by Crippen LogP contribution is 2.25. The summed E-state index contributed by atoms with van der Waals surface area (Å²) in [6, 6.07) is 7.75. The van der Waals surface area contributed by atoms with Crippen molar-refractivity contribution in [3.05, 3.63) is 46.3 Å². The summed E-state index contributed by atoms with van der Waals surface area (Å²) in [7, 11) is 0. The van der Waals surface area contributed by atoms with Crippen molar-refractivity contribution in [3.63, 3.8) is 0 Å². The van der Waals surface area contributed by atoms with Gasteiger partial charge in [-0.3, -0.25) is 0 Å². The van der Waals surface area contributed by atoms with E-state index in [1.165, 1.54) is 0 Å². The molecule has 2 aromatic rings. The monoisotopic (exact) mass is 306 g/mol. The fourth-order valence-corrected chi connectivity index (χ4v) is 1.87. The number of ether oxygens (including phenoxy) is 1. The Kier molecular flexibility index (Phi) is 4.31. The number of hydrogen-bond acceptors (Lipinski definition) is 3. The van der Waals surface area contributed by atoms with Gasteiger partial charge in [-0.15, -0.1) is 0 Å². The number of aryl methyl sites for hydroxylation is 2. The number of halogens is 1. The number of aromatic nitrogens is 2. The maximum Gasteiger partial charge on any atom is 0.222 e. The normalized spacial score (nSPS) is 10.4. The van der Waals surface area contributed by atoms with Crippen molar-refractivity contribution in [2.45, 2.75) is 26.7 Å². The van der Waals surface area contributed by atoms with Crippen LogP contribution in [0, 0.1) is 6.92 Å². The molecule has 1 heterocycles. The van der Waals surface area contributed by atoms with Gasteiger partial charge in [0.1, 0.15) is 12.1 Å². The highest BCUT2D eigenvalue weighted by Gasteiger charge is 2.03. The Labute approximate surface area is 115 Å². The standard InChI is InChI=1S/C14H15BrN2O/c1-3-4-11-8-14(17-9-16-11)18-12-5-6-13(15)10(2)7-12/h5-9H,3-4H2,1-2H3. The molecular formula is C14H15BrN2O. The summed E-state index contributed by atoms with van der Waals surface area (Å²) >= 11 is 3.47. The van der Waals surface area contributed by atoms with Crippen molar-refractivity contribution in [1.82, 2.24) is 9.97 Å². The zero-order chi connectivity index (χ0) is 13.0. The van der Waals surface area contributed by atoms with Gasteiger partial charge in [0.25, 0.3) is 0 Å². The fourth-order valence-electron chi connectivity index (χ4n) is 1.63. The van der Waals surface area contributed by atoms with Gasteiger partial charge in [0.15, 0.2) is 0 Å². The first-order valence-electron chi connectivity index (χ1n) is 5.94. The van der Waals surface area contributed by atoms with Crippen LogP contribution >= 0.6 is 15.9 Å². The zero-order valence-corrected chi connectivity index (χ0v) is 12.1. The van der Waals surface area contributed by atoms with E-state index in [0.29, 0.717) is 5.88 Å². The van der Waals surface area contributed by atoms with Crippen LogP contribution in [0.5, 0.6) is 11.6 Å². The summed E-state index contributed by atoms with van der Waals surface area (Å²) in [5.74, 6) is 1.38. The van der Waals surface area contributed by atoms with E-state index in [1.807, 2.05) is 31.2 Å². The van der Waals surface area contributed by atoms with Gasteiger partial charge < -0.3 is 4.74 Å². The van der Waals surface area contributed by atoms with Crippen molar-refractivity contribution in [2.24, 2.45) is 0 Å². The van der Waals surface area contributed by atoms with E-state index in [1.54, 1.807) is 6.33 Å². The van der Waals surface area contributed by atoms with E-state index in [9.17, 15) is 0 Å². The van der Waals surface area contributed by atoms with Crippen LogP contribution < -0.4 is 4.74 Å². The lowest BCUT2D eigenvalue weighted by Crippen LogP contribution is -1.94. The van der Waals surface area contributed by atoms with Crippen molar-refractivity contribution in [2.75, 3.05) is 0 Å². The largest absolute Gasteiger partial charge is 0.439 e. The van der Waals surface area contributed by atoms with Gasteiger partial charge in [-0.2, -0.15) is 0 Å². The molecule has 0 spiro atoms. The summed E-state index contributed by atoms with van der Waals surface area (Å²) in [5, 5.41) is 0. The molecule has 0 aliphatic carbocycles. The molecule has 0 bridgehead atoms. The van der Waals surface area contributed by atoms with E-state index in [2.05, 4.69) is 32.8 Å².